The van der Waals surface area contributed by atoms with Crippen molar-refractivity contribution in [3.05, 3.63) is 51.0 Å². The van der Waals surface area contributed by atoms with Crippen LogP contribution in [-0.4, -0.2) is 19.1 Å². The second kappa shape index (κ2) is 6.04. The van der Waals surface area contributed by atoms with E-state index in [0.717, 1.165) is 6.42 Å². The summed E-state index contributed by atoms with van der Waals surface area (Å²) in [5.74, 6) is 0. The van der Waals surface area contributed by atoms with Gasteiger partial charge in [0.15, 0.2) is 0 Å². The summed E-state index contributed by atoms with van der Waals surface area (Å²) in [5, 5.41) is 4.58. The number of aromatic nitrogens is 1. The number of fused-ring (bicyclic) bond motifs is 1. The first-order valence-corrected chi connectivity index (χ1v) is 7.87. The van der Waals surface area contributed by atoms with Gasteiger partial charge in [-0.1, -0.05) is 24.3 Å². The fourth-order valence-corrected chi connectivity index (χ4v) is 4.03. The zero-order valence-electron chi connectivity index (χ0n) is 12.0. The molecule has 0 radical (unpaired) electrons. The van der Waals surface area contributed by atoms with E-state index in [9.17, 15) is 0 Å². The molecule has 3 rings (SSSR count). The lowest BCUT2D eigenvalue weighted by Gasteiger charge is -2.14. The molecule has 2 aromatic rings. The van der Waals surface area contributed by atoms with Gasteiger partial charge in [-0.3, -0.25) is 0 Å². The highest BCUT2D eigenvalue weighted by atomic mass is 32.1. The molecule has 0 amide bonds. The summed E-state index contributed by atoms with van der Waals surface area (Å²) in [6.45, 7) is 0.663. The van der Waals surface area contributed by atoms with Crippen LogP contribution in [0.15, 0.2) is 24.3 Å². The lowest BCUT2D eigenvalue weighted by Crippen LogP contribution is -2.17. The molecule has 3 nitrogen and oxygen atoms in total. The van der Waals surface area contributed by atoms with Gasteiger partial charge in [0.05, 0.1) is 18.3 Å². The van der Waals surface area contributed by atoms with E-state index in [2.05, 4.69) is 29.6 Å². The Kier molecular flexibility index (Phi) is 4.15. The summed E-state index contributed by atoms with van der Waals surface area (Å²) in [5.41, 5.74) is 3.79. The Labute approximate surface area is 124 Å². The van der Waals surface area contributed by atoms with Crippen LogP contribution in [-0.2, 0) is 24.2 Å². The molecule has 0 saturated carbocycles. The molecule has 1 aliphatic rings. The number of nitrogens with zero attached hydrogens (tertiary/aromatic N) is 1. The molecule has 4 heteroatoms. The van der Waals surface area contributed by atoms with Crippen molar-refractivity contribution in [1.29, 1.82) is 0 Å². The molecule has 1 N–H and O–H groups in total. The van der Waals surface area contributed by atoms with Crippen LogP contribution in [0.1, 0.15) is 39.2 Å². The summed E-state index contributed by atoms with van der Waals surface area (Å²) in [7, 11) is 3.72. The number of aryl methyl sites for hydroxylation is 2. The highest BCUT2D eigenvalue weighted by Crippen LogP contribution is 2.33. The molecule has 0 aliphatic heterocycles. The highest BCUT2D eigenvalue weighted by Gasteiger charge is 2.22. The summed E-state index contributed by atoms with van der Waals surface area (Å²) in [6.07, 6.45) is 3.62. The highest BCUT2D eigenvalue weighted by molar-refractivity contribution is 7.11. The van der Waals surface area contributed by atoms with Gasteiger partial charge in [0.1, 0.15) is 5.01 Å². The van der Waals surface area contributed by atoms with Crippen LogP contribution in [0.25, 0.3) is 0 Å². The molecule has 1 aromatic heterocycles. The Morgan fingerprint density at radius 2 is 2.10 bits per heavy atom. The smallest absolute Gasteiger partial charge is 0.115 e. The monoisotopic (exact) mass is 288 g/mol. The maximum absolute atomic E-state index is 5.15. The molecular formula is C16H20N2OS. The van der Waals surface area contributed by atoms with Crippen LogP contribution in [0, 0.1) is 0 Å². The Hall–Kier alpha value is -1.23. The lowest BCUT2D eigenvalue weighted by molar-refractivity contribution is 0.185. The number of ether oxygens (including phenoxy) is 1. The van der Waals surface area contributed by atoms with Crippen molar-refractivity contribution in [1.82, 2.24) is 10.3 Å². The molecular weight excluding hydrogens is 268 g/mol. The summed E-state index contributed by atoms with van der Waals surface area (Å²) in [6, 6.07) is 8.79. The molecule has 1 aliphatic carbocycles. The van der Waals surface area contributed by atoms with Crippen LogP contribution < -0.4 is 5.32 Å². The number of nitrogens with one attached hydrogen (secondary N) is 1. The molecule has 20 heavy (non-hydrogen) atoms. The van der Waals surface area contributed by atoms with E-state index < -0.39 is 0 Å². The van der Waals surface area contributed by atoms with Crippen molar-refractivity contribution >= 4 is 11.3 Å². The van der Waals surface area contributed by atoms with Crippen LogP contribution in [0.2, 0.25) is 0 Å². The van der Waals surface area contributed by atoms with Gasteiger partial charge in [-0.2, -0.15) is 0 Å². The van der Waals surface area contributed by atoms with Gasteiger partial charge in [0.25, 0.3) is 0 Å². The van der Waals surface area contributed by atoms with Crippen molar-refractivity contribution in [2.24, 2.45) is 0 Å². The molecule has 1 aromatic carbocycles. The fourth-order valence-electron chi connectivity index (χ4n) is 2.74. The Morgan fingerprint density at radius 1 is 1.30 bits per heavy atom. The zero-order chi connectivity index (χ0) is 13.9. The lowest BCUT2D eigenvalue weighted by atomic mass is 10.1. The van der Waals surface area contributed by atoms with E-state index in [1.165, 1.54) is 39.5 Å². The van der Waals surface area contributed by atoms with E-state index in [1.807, 2.05) is 18.4 Å². The van der Waals surface area contributed by atoms with Gasteiger partial charge in [-0.25, -0.2) is 4.98 Å². The Bertz CT molecular complexity index is 555. The number of hydrogen-bond acceptors (Lipinski definition) is 4. The van der Waals surface area contributed by atoms with Crippen molar-refractivity contribution in [2.45, 2.75) is 31.9 Å². The summed E-state index contributed by atoms with van der Waals surface area (Å²) >= 11 is 1.87. The maximum Gasteiger partial charge on any atom is 0.115 e. The molecule has 1 atom stereocenters. The SMILES string of the molecule is CNC(c1ccc(COC)cc1)c1nc2c(s1)CCC2. The van der Waals surface area contributed by atoms with Crippen molar-refractivity contribution in [3.63, 3.8) is 0 Å². The third-order valence-electron chi connectivity index (χ3n) is 3.77. The minimum absolute atomic E-state index is 0.196. The second-order valence-corrected chi connectivity index (χ2v) is 6.29. The fraction of sp³-hybridized carbons (Fsp3) is 0.438. The van der Waals surface area contributed by atoms with Crippen molar-refractivity contribution in [3.8, 4) is 0 Å². The number of methoxy groups -OCH3 is 1. The normalized spacial score (nSPS) is 15.3. The second-order valence-electron chi connectivity index (χ2n) is 5.17. The first-order chi connectivity index (χ1) is 9.81. The van der Waals surface area contributed by atoms with Crippen molar-refractivity contribution in [2.75, 3.05) is 14.2 Å². The van der Waals surface area contributed by atoms with E-state index in [4.69, 9.17) is 9.72 Å². The molecule has 106 valence electrons. The summed E-state index contributed by atoms with van der Waals surface area (Å²) in [4.78, 5) is 6.31. The molecule has 0 fully saturated rings. The van der Waals surface area contributed by atoms with Gasteiger partial charge in [-0.05, 0) is 37.4 Å². The molecule has 0 bridgehead atoms. The quantitative estimate of drug-likeness (QED) is 0.918. The van der Waals surface area contributed by atoms with Gasteiger partial charge < -0.3 is 10.1 Å². The van der Waals surface area contributed by atoms with Crippen LogP contribution >= 0.6 is 11.3 Å². The first kappa shape index (κ1) is 13.7. The maximum atomic E-state index is 5.15. The minimum Gasteiger partial charge on any atom is -0.380 e. The third kappa shape index (κ3) is 2.64. The zero-order valence-corrected chi connectivity index (χ0v) is 12.8. The van der Waals surface area contributed by atoms with Crippen LogP contribution in [0.4, 0.5) is 0 Å². The van der Waals surface area contributed by atoms with Gasteiger partial charge in [0, 0.05) is 12.0 Å². The Balaban J connectivity index is 1.84. The van der Waals surface area contributed by atoms with E-state index >= 15 is 0 Å². The van der Waals surface area contributed by atoms with Crippen molar-refractivity contribution < 1.29 is 4.74 Å². The Morgan fingerprint density at radius 3 is 2.75 bits per heavy atom. The predicted octanol–water partition coefficient (Wildman–Crippen LogP) is 3.09. The van der Waals surface area contributed by atoms with E-state index in [-0.39, 0.29) is 6.04 Å². The van der Waals surface area contributed by atoms with Gasteiger partial charge >= 0.3 is 0 Å². The van der Waals surface area contributed by atoms with E-state index in [0.29, 0.717) is 6.61 Å². The van der Waals surface area contributed by atoms with Gasteiger partial charge in [-0.15, -0.1) is 11.3 Å². The molecule has 0 spiro atoms. The van der Waals surface area contributed by atoms with E-state index in [1.54, 1.807) is 7.11 Å². The minimum atomic E-state index is 0.196. The largest absolute Gasteiger partial charge is 0.380 e. The average Bonchev–Trinajstić information content (AvgIpc) is 3.03. The molecule has 1 heterocycles. The first-order valence-electron chi connectivity index (χ1n) is 7.05. The van der Waals surface area contributed by atoms with Crippen LogP contribution in [0.3, 0.4) is 0 Å². The number of benzene rings is 1. The number of hydrogen-bond donors (Lipinski definition) is 1. The predicted molar refractivity (Wildman–Crippen MR) is 82.2 cm³/mol. The topological polar surface area (TPSA) is 34.1 Å². The summed E-state index contributed by atoms with van der Waals surface area (Å²) < 4.78 is 5.15. The number of rotatable bonds is 5. The third-order valence-corrected chi connectivity index (χ3v) is 4.99. The van der Waals surface area contributed by atoms with Crippen LogP contribution in [0.5, 0.6) is 0 Å². The molecule has 1 unspecified atom stereocenters. The van der Waals surface area contributed by atoms with Gasteiger partial charge in [0.2, 0.25) is 0 Å². The standard InChI is InChI=1S/C16H20N2OS/c1-17-15(12-8-6-11(7-9-12)10-19-2)16-18-13-4-3-5-14(13)20-16/h6-9,15,17H,3-5,10H2,1-2H3. The molecule has 0 saturated heterocycles. The average molecular weight is 288 g/mol. The number of thiazole rings is 1.